The lowest BCUT2D eigenvalue weighted by molar-refractivity contribution is 0.0773. The van der Waals surface area contributed by atoms with E-state index < -0.39 is 0 Å². The smallest absolute Gasteiger partial charge is 0.120 e. The molecule has 2 rings (SSSR count). The van der Waals surface area contributed by atoms with Gasteiger partial charge in [0.15, 0.2) is 0 Å². The Morgan fingerprint density at radius 2 is 2.28 bits per heavy atom. The van der Waals surface area contributed by atoms with Crippen LogP contribution in [0, 0.1) is 0 Å². The summed E-state index contributed by atoms with van der Waals surface area (Å²) < 4.78 is 6.76. The summed E-state index contributed by atoms with van der Waals surface area (Å²) >= 11 is 3.43. The van der Waals surface area contributed by atoms with Crippen molar-refractivity contribution >= 4 is 15.9 Å². The molecule has 0 aromatic heterocycles. The average Bonchev–Trinajstić information content (AvgIpc) is 2.39. The summed E-state index contributed by atoms with van der Waals surface area (Å²) in [5.41, 5.74) is 0. The molecule has 4 heteroatoms. The predicted octanol–water partition coefficient (Wildman–Crippen LogP) is 2.67. The van der Waals surface area contributed by atoms with Gasteiger partial charge >= 0.3 is 0 Å². The zero-order chi connectivity index (χ0) is 12.8. The monoisotopic (exact) mass is 313 g/mol. The molecule has 1 saturated heterocycles. The molecule has 1 heterocycles. The molecule has 1 atom stereocenters. The number of benzene rings is 1. The molecule has 1 aromatic carbocycles. The Balaban J connectivity index is 1.77. The predicted molar refractivity (Wildman–Crippen MR) is 75.9 cm³/mol. The molecule has 1 aromatic rings. The Bertz CT molecular complexity index is 373. The molecule has 1 fully saturated rings. The quantitative estimate of drug-likeness (QED) is 0.907. The minimum Gasteiger partial charge on any atom is -0.492 e. The third-order valence-corrected chi connectivity index (χ3v) is 3.90. The van der Waals surface area contributed by atoms with Crippen LogP contribution in [0.3, 0.4) is 0 Å². The summed E-state index contributed by atoms with van der Waals surface area (Å²) in [4.78, 5) is 2.33. The van der Waals surface area contributed by atoms with Gasteiger partial charge in [-0.1, -0.05) is 28.4 Å². The number of likely N-dealkylation sites (tertiary alicyclic amines) is 1. The molecule has 1 aliphatic rings. The van der Waals surface area contributed by atoms with Crippen LogP contribution in [0.4, 0.5) is 0 Å². The molecule has 0 saturated carbocycles. The van der Waals surface area contributed by atoms with Crippen molar-refractivity contribution in [2.75, 3.05) is 26.3 Å². The summed E-state index contributed by atoms with van der Waals surface area (Å²) in [6.07, 6.45) is 3.56. The maximum absolute atomic E-state index is 9.33. The first-order chi connectivity index (χ1) is 8.79. The molecular formula is C14H20BrNO2. The molecule has 0 amide bonds. The molecule has 3 nitrogen and oxygen atoms in total. The number of aliphatic hydroxyl groups excluding tert-OH is 1. The summed E-state index contributed by atoms with van der Waals surface area (Å²) in [6, 6.07) is 8.21. The van der Waals surface area contributed by atoms with Gasteiger partial charge in [-0.15, -0.1) is 0 Å². The van der Waals surface area contributed by atoms with Gasteiger partial charge < -0.3 is 9.84 Å². The van der Waals surface area contributed by atoms with Gasteiger partial charge in [-0.3, -0.25) is 4.90 Å². The molecule has 1 unspecified atom stereocenters. The van der Waals surface area contributed by atoms with Gasteiger partial charge in [-0.2, -0.15) is 0 Å². The van der Waals surface area contributed by atoms with Gasteiger partial charge in [0, 0.05) is 17.1 Å². The van der Waals surface area contributed by atoms with E-state index in [1.54, 1.807) is 0 Å². The van der Waals surface area contributed by atoms with Crippen LogP contribution < -0.4 is 4.74 Å². The number of hydrogen-bond donors (Lipinski definition) is 1. The zero-order valence-electron chi connectivity index (χ0n) is 10.5. The first-order valence-electron chi connectivity index (χ1n) is 6.53. The fourth-order valence-corrected chi connectivity index (χ4v) is 2.78. The lowest BCUT2D eigenvalue weighted by atomic mass is 10.0. The van der Waals surface area contributed by atoms with Crippen LogP contribution >= 0.6 is 15.9 Å². The van der Waals surface area contributed by atoms with Gasteiger partial charge in [0.2, 0.25) is 0 Å². The third kappa shape index (κ3) is 3.97. The molecule has 0 spiro atoms. The normalized spacial score (nSPS) is 20.9. The van der Waals surface area contributed by atoms with Crippen LogP contribution in [0.1, 0.15) is 19.3 Å². The largest absolute Gasteiger partial charge is 0.492 e. The van der Waals surface area contributed by atoms with Crippen LogP contribution in [0.2, 0.25) is 0 Å². The lowest BCUT2D eigenvalue weighted by Gasteiger charge is -2.34. The maximum atomic E-state index is 9.33. The molecule has 0 radical (unpaired) electrons. The fraction of sp³-hybridized carbons (Fsp3) is 0.571. The first kappa shape index (κ1) is 13.8. The van der Waals surface area contributed by atoms with Crippen molar-refractivity contribution in [1.82, 2.24) is 4.90 Å². The van der Waals surface area contributed by atoms with E-state index in [9.17, 15) is 5.11 Å². The van der Waals surface area contributed by atoms with Crippen molar-refractivity contribution in [2.45, 2.75) is 25.3 Å². The number of aliphatic hydroxyl groups is 1. The summed E-state index contributed by atoms with van der Waals surface area (Å²) in [6.45, 7) is 2.90. The van der Waals surface area contributed by atoms with Crippen LogP contribution in [0.15, 0.2) is 28.7 Å². The van der Waals surface area contributed by atoms with Gasteiger partial charge in [0.1, 0.15) is 12.4 Å². The van der Waals surface area contributed by atoms with E-state index in [4.69, 9.17) is 4.74 Å². The van der Waals surface area contributed by atoms with Crippen molar-refractivity contribution in [3.63, 3.8) is 0 Å². The first-order valence-corrected chi connectivity index (χ1v) is 7.32. The van der Waals surface area contributed by atoms with Gasteiger partial charge in [0.25, 0.3) is 0 Å². The second-order valence-electron chi connectivity index (χ2n) is 4.67. The lowest BCUT2D eigenvalue weighted by Crippen LogP contribution is -2.43. The van der Waals surface area contributed by atoms with E-state index in [2.05, 4.69) is 20.8 Å². The van der Waals surface area contributed by atoms with Crippen molar-refractivity contribution < 1.29 is 9.84 Å². The molecule has 100 valence electrons. The standard InChI is InChI=1S/C14H20BrNO2/c15-12-4-3-6-14(10-12)18-9-8-16-7-2-1-5-13(16)11-17/h3-4,6,10,13,17H,1-2,5,7-9,11H2. The highest BCUT2D eigenvalue weighted by Gasteiger charge is 2.20. The highest BCUT2D eigenvalue weighted by Crippen LogP contribution is 2.19. The molecular weight excluding hydrogens is 294 g/mol. The highest BCUT2D eigenvalue weighted by molar-refractivity contribution is 9.10. The van der Waals surface area contributed by atoms with Crippen LogP contribution in [0.5, 0.6) is 5.75 Å². The fourth-order valence-electron chi connectivity index (χ4n) is 2.40. The van der Waals surface area contributed by atoms with Crippen LogP contribution in [0.25, 0.3) is 0 Å². The highest BCUT2D eigenvalue weighted by atomic mass is 79.9. The summed E-state index contributed by atoms with van der Waals surface area (Å²) in [5, 5.41) is 9.33. The van der Waals surface area contributed by atoms with E-state index in [1.807, 2.05) is 24.3 Å². The second-order valence-corrected chi connectivity index (χ2v) is 5.59. The Kier molecular flexibility index (Phi) is 5.47. The van der Waals surface area contributed by atoms with E-state index in [-0.39, 0.29) is 6.61 Å². The minimum absolute atomic E-state index is 0.261. The topological polar surface area (TPSA) is 32.7 Å². The number of ether oxygens (including phenoxy) is 1. The molecule has 0 bridgehead atoms. The molecule has 18 heavy (non-hydrogen) atoms. The maximum Gasteiger partial charge on any atom is 0.120 e. The Hall–Kier alpha value is -0.580. The molecule has 1 aliphatic heterocycles. The Morgan fingerprint density at radius 1 is 1.39 bits per heavy atom. The second kappa shape index (κ2) is 7.12. The van der Waals surface area contributed by atoms with Crippen molar-refractivity contribution in [1.29, 1.82) is 0 Å². The van der Waals surface area contributed by atoms with Crippen molar-refractivity contribution in [3.8, 4) is 5.75 Å². The van der Waals surface area contributed by atoms with Crippen molar-refractivity contribution in [2.24, 2.45) is 0 Å². The number of piperidine rings is 1. The summed E-state index contributed by atoms with van der Waals surface area (Å²) in [5.74, 6) is 0.891. The Morgan fingerprint density at radius 3 is 3.06 bits per heavy atom. The number of hydrogen-bond acceptors (Lipinski definition) is 3. The van der Waals surface area contributed by atoms with Crippen LogP contribution in [-0.2, 0) is 0 Å². The number of nitrogens with zero attached hydrogens (tertiary/aromatic N) is 1. The van der Waals surface area contributed by atoms with Gasteiger partial charge in [-0.25, -0.2) is 0 Å². The SMILES string of the molecule is OCC1CCCCN1CCOc1cccc(Br)c1. The van der Waals surface area contributed by atoms with E-state index in [1.165, 1.54) is 12.8 Å². The molecule has 0 aliphatic carbocycles. The Labute approximate surface area is 117 Å². The van der Waals surface area contributed by atoms with E-state index >= 15 is 0 Å². The van der Waals surface area contributed by atoms with E-state index in [0.717, 1.165) is 29.7 Å². The third-order valence-electron chi connectivity index (χ3n) is 3.40. The van der Waals surface area contributed by atoms with Gasteiger partial charge in [-0.05, 0) is 37.6 Å². The average molecular weight is 314 g/mol. The minimum atomic E-state index is 0.261. The zero-order valence-corrected chi connectivity index (χ0v) is 12.1. The van der Waals surface area contributed by atoms with Crippen molar-refractivity contribution in [3.05, 3.63) is 28.7 Å². The summed E-state index contributed by atoms with van der Waals surface area (Å²) in [7, 11) is 0. The number of rotatable bonds is 5. The van der Waals surface area contributed by atoms with E-state index in [0.29, 0.717) is 12.6 Å². The van der Waals surface area contributed by atoms with Crippen LogP contribution in [-0.4, -0.2) is 42.4 Å². The molecule has 1 N–H and O–H groups in total. The van der Waals surface area contributed by atoms with Gasteiger partial charge in [0.05, 0.1) is 6.61 Å². The number of halogens is 1.